The van der Waals surface area contributed by atoms with Crippen LogP contribution < -0.4 is 11.1 Å². The second kappa shape index (κ2) is 17.4. The van der Waals surface area contributed by atoms with E-state index in [2.05, 4.69) is 10.3 Å². The number of nitrogens with zero attached hydrogens (tertiary/aromatic N) is 3. The normalized spacial score (nSPS) is 13.9. The minimum absolute atomic E-state index is 0.000726. The van der Waals surface area contributed by atoms with Gasteiger partial charge in [-0.15, -0.1) is 0 Å². The van der Waals surface area contributed by atoms with Gasteiger partial charge in [-0.25, -0.2) is 27.6 Å². The molecule has 14 nitrogen and oxygen atoms in total. The van der Waals surface area contributed by atoms with Crippen LogP contribution in [-0.4, -0.2) is 101 Å². The molecular weight excluding hydrogens is 654 g/mol. The van der Waals surface area contributed by atoms with Gasteiger partial charge in [0.25, 0.3) is 5.91 Å². The molecule has 0 saturated heterocycles. The van der Waals surface area contributed by atoms with Gasteiger partial charge >= 0.3 is 12.1 Å². The lowest BCUT2D eigenvalue weighted by Gasteiger charge is -2.29. The van der Waals surface area contributed by atoms with Crippen LogP contribution in [0.5, 0.6) is 0 Å². The highest BCUT2D eigenvalue weighted by Crippen LogP contribution is 2.30. The predicted octanol–water partition coefficient (Wildman–Crippen LogP) is 4.41. The molecule has 0 aromatic heterocycles. The molecule has 0 atom stereocenters. The van der Waals surface area contributed by atoms with Crippen molar-refractivity contribution in [2.75, 3.05) is 53.6 Å². The molecule has 0 bridgehead atoms. The number of sulfonamides is 1. The second-order valence-corrected chi connectivity index (χ2v) is 16.9. The Morgan fingerprint density at radius 3 is 2.27 bits per heavy atom. The number of nitrogens with two attached hydrogens (primary N) is 1. The molecule has 0 fully saturated rings. The Morgan fingerprint density at radius 2 is 1.65 bits per heavy atom. The Labute approximate surface area is 291 Å². The quantitative estimate of drug-likeness (QED) is 0.134. The van der Waals surface area contributed by atoms with E-state index >= 15 is 0 Å². The van der Waals surface area contributed by atoms with E-state index in [1.54, 1.807) is 12.1 Å². The van der Waals surface area contributed by atoms with E-state index in [0.717, 1.165) is 4.31 Å². The summed E-state index contributed by atoms with van der Waals surface area (Å²) >= 11 is 0. The van der Waals surface area contributed by atoms with Gasteiger partial charge in [0.1, 0.15) is 18.0 Å². The molecule has 1 aliphatic rings. The number of nitrogens with one attached hydrogen (secondary N) is 1. The topological polar surface area (TPSA) is 179 Å². The number of alkyl carbamates (subject to hydrolysis) is 1. The van der Waals surface area contributed by atoms with E-state index in [1.165, 1.54) is 31.3 Å². The number of esters is 1. The van der Waals surface area contributed by atoms with Crippen LogP contribution in [0.15, 0.2) is 33.7 Å². The van der Waals surface area contributed by atoms with Crippen LogP contribution in [0, 0.1) is 10.8 Å². The molecule has 49 heavy (non-hydrogen) atoms. The van der Waals surface area contributed by atoms with Crippen molar-refractivity contribution in [3.05, 3.63) is 29.3 Å². The summed E-state index contributed by atoms with van der Waals surface area (Å²) in [5.41, 5.74) is 5.85. The maximum Gasteiger partial charge on any atom is 0.407 e. The molecule has 15 heteroatoms. The maximum atomic E-state index is 13.5. The monoisotopic (exact) mass is 709 g/mol. The molecule has 0 radical (unpaired) electrons. The Morgan fingerprint density at radius 1 is 1.00 bits per heavy atom. The van der Waals surface area contributed by atoms with Gasteiger partial charge in [-0.3, -0.25) is 14.4 Å². The van der Waals surface area contributed by atoms with Gasteiger partial charge in [0, 0.05) is 50.2 Å². The number of hydrogen-bond acceptors (Lipinski definition) is 11. The van der Waals surface area contributed by atoms with Crippen LogP contribution in [0.25, 0.3) is 6.08 Å². The predicted molar refractivity (Wildman–Crippen MR) is 187 cm³/mol. The van der Waals surface area contributed by atoms with E-state index in [1.807, 2.05) is 55.4 Å². The van der Waals surface area contributed by atoms with E-state index < -0.39 is 38.5 Å². The van der Waals surface area contributed by atoms with Gasteiger partial charge in [0.05, 0.1) is 36.8 Å². The number of carbonyl (C=O) groups excluding carboxylic acids is 3. The number of fused-ring (bicyclic) bond motifs is 1. The van der Waals surface area contributed by atoms with E-state index in [9.17, 15) is 22.8 Å². The van der Waals surface area contributed by atoms with Crippen LogP contribution in [0.2, 0.25) is 0 Å². The van der Waals surface area contributed by atoms with Crippen molar-refractivity contribution in [1.82, 2.24) is 14.7 Å². The van der Waals surface area contributed by atoms with Gasteiger partial charge in [0.15, 0.2) is 0 Å². The molecule has 0 aliphatic carbocycles. The van der Waals surface area contributed by atoms with Crippen molar-refractivity contribution in [1.29, 1.82) is 0 Å². The molecular formula is C34H55N5O9S. The highest BCUT2D eigenvalue weighted by atomic mass is 32.2. The molecule has 2 amide bonds. The van der Waals surface area contributed by atoms with Crippen LogP contribution in [0.3, 0.4) is 0 Å². The zero-order chi connectivity index (χ0) is 37.2. The van der Waals surface area contributed by atoms with Crippen LogP contribution >= 0.6 is 0 Å². The Kier molecular flexibility index (Phi) is 14.8. The average molecular weight is 710 g/mol. The molecule has 0 unspecified atom stereocenters. The number of hydroxylamine groups is 2. The summed E-state index contributed by atoms with van der Waals surface area (Å²) in [6.07, 6.45) is 1.85. The van der Waals surface area contributed by atoms with Crippen molar-refractivity contribution < 1.29 is 41.8 Å². The van der Waals surface area contributed by atoms with Gasteiger partial charge in [-0.1, -0.05) is 40.7 Å². The molecule has 0 saturated carbocycles. The maximum absolute atomic E-state index is 13.5. The van der Waals surface area contributed by atoms with Crippen molar-refractivity contribution in [2.24, 2.45) is 21.6 Å². The molecule has 276 valence electrons. The summed E-state index contributed by atoms with van der Waals surface area (Å²) in [5, 5.41) is 3.84. The summed E-state index contributed by atoms with van der Waals surface area (Å²) in [5.74, 6) is -0.554. The van der Waals surface area contributed by atoms with Crippen LogP contribution in [0.1, 0.15) is 80.2 Å². The van der Waals surface area contributed by atoms with Gasteiger partial charge in [0.2, 0.25) is 10.0 Å². The first kappa shape index (κ1) is 41.6. The molecule has 3 N–H and O–H groups in total. The fraction of sp³-hybridized carbons (Fsp3) is 0.647. The van der Waals surface area contributed by atoms with Gasteiger partial charge in [-0.2, -0.15) is 0 Å². The average Bonchev–Trinajstić information content (AvgIpc) is 3.13. The Balaban J connectivity index is 1.88. The Bertz CT molecular complexity index is 1500. The number of rotatable bonds is 17. The third-order valence-electron chi connectivity index (χ3n) is 6.91. The molecule has 1 aromatic rings. The number of ether oxygens (including phenoxy) is 3. The van der Waals surface area contributed by atoms with Crippen LogP contribution in [-0.2, 0) is 38.7 Å². The fourth-order valence-electron chi connectivity index (χ4n) is 4.55. The third-order valence-corrected chi connectivity index (χ3v) is 8.73. The Hall–Kier alpha value is -3.53. The molecule has 1 aromatic carbocycles. The number of amides is 2. The second-order valence-electron chi connectivity index (χ2n) is 14.8. The summed E-state index contributed by atoms with van der Waals surface area (Å²) in [6.45, 7) is 16.1. The first-order chi connectivity index (χ1) is 22.5. The summed E-state index contributed by atoms with van der Waals surface area (Å²) in [7, 11) is -0.808. The SMILES string of the molecule is CCCN(OCCNC(=O)OCC(C)(C)COCC(C)(C)CC(=O)OC(C)(C)C)C(=O)C1=Cc2ccc(S(=O)(=O)N(C)C)cc2N=C(N)C1. The van der Waals surface area contributed by atoms with E-state index in [-0.39, 0.29) is 55.8 Å². The summed E-state index contributed by atoms with van der Waals surface area (Å²) in [6, 6.07) is 4.47. The zero-order valence-electron chi connectivity index (χ0n) is 30.7. The van der Waals surface area contributed by atoms with Crippen molar-refractivity contribution in [3.8, 4) is 0 Å². The highest BCUT2D eigenvalue weighted by molar-refractivity contribution is 7.89. The smallest absolute Gasteiger partial charge is 0.407 e. The first-order valence-corrected chi connectivity index (χ1v) is 17.7. The molecule has 1 heterocycles. The van der Waals surface area contributed by atoms with Gasteiger partial charge in [-0.05, 0) is 50.8 Å². The van der Waals surface area contributed by atoms with Gasteiger partial charge < -0.3 is 25.3 Å². The number of hydrogen-bond donors (Lipinski definition) is 2. The number of carbonyl (C=O) groups is 3. The van der Waals surface area contributed by atoms with E-state index in [0.29, 0.717) is 36.5 Å². The van der Waals surface area contributed by atoms with E-state index in [4.69, 9.17) is 24.8 Å². The zero-order valence-corrected chi connectivity index (χ0v) is 31.5. The largest absolute Gasteiger partial charge is 0.460 e. The lowest BCUT2D eigenvalue weighted by Crippen LogP contribution is -2.38. The number of amidine groups is 1. The summed E-state index contributed by atoms with van der Waals surface area (Å²) in [4.78, 5) is 48.2. The summed E-state index contributed by atoms with van der Waals surface area (Å²) < 4.78 is 43.0. The van der Waals surface area contributed by atoms with Crippen molar-refractivity contribution in [2.45, 2.75) is 85.1 Å². The molecule has 1 aliphatic heterocycles. The lowest BCUT2D eigenvalue weighted by atomic mass is 9.90. The highest BCUT2D eigenvalue weighted by Gasteiger charge is 2.29. The lowest BCUT2D eigenvalue weighted by molar-refractivity contribution is -0.181. The van der Waals surface area contributed by atoms with Crippen LogP contribution in [0.4, 0.5) is 10.5 Å². The van der Waals surface area contributed by atoms with Crippen molar-refractivity contribution in [3.63, 3.8) is 0 Å². The minimum atomic E-state index is -3.69. The number of benzene rings is 1. The first-order valence-electron chi connectivity index (χ1n) is 16.3. The fourth-order valence-corrected chi connectivity index (χ4v) is 5.47. The molecule has 0 spiro atoms. The third kappa shape index (κ3) is 14.1. The molecule has 2 rings (SSSR count). The standard InChI is InChI=1S/C34H55N5O9S/c1-11-15-39(30(41)25-17-24-12-13-26(49(43,44)38(9)10)19-27(24)37-28(35)18-25)47-16-14-36-31(42)46-23-34(7,8)22-45-21-33(5,6)20-29(40)48-32(2,3)4/h12-13,17,19H,11,14-16,18,20-23H2,1-10H3,(H2,35,37)(H,36,42). The number of aliphatic imine (C=N–C) groups is 1. The van der Waals surface area contributed by atoms with Crippen molar-refractivity contribution >= 4 is 45.6 Å². The minimum Gasteiger partial charge on any atom is -0.460 e.